The van der Waals surface area contributed by atoms with Gasteiger partial charge in [0.1, 0.15) is 0 Å². The fourth-order valence-corrected chi connectivity index (χ4v) is 9.31. The molecular weight excluding hydrogens is 336 g/mol. The molecule has 2 saturated heterocycles. The molecule has 6 aliphatic rings. The highest BCUT2D eigenvalue weighted by Gasteiger charge is 2.71. The van der Waals surface area contributed by atoms with Crippen LogP contribution in [0.5, 0.6) is 0 Å². The first-order valence-electron chi connectivity index (χ1n) is 11.6. The Hall–Kier alpha value is -0.120. The number of ether oxygens (including phenoxy) is 3. The van der Waals surface area contributed by atoms with Crippen LogP contribution in [-0.2, 0) is 14.2 Å². The normalized spacial score (nSPS) is 61.6. The Labute approximate surface area is 164 Å². The minimum atomic E-state index is -0.0432. The van der Waals surface area contributed by atoms with Gasteiger partial charge in [-0.15, -0.1) is 0 Å². The first kappa shape index (κ1) is 17.7. The SMILES string of the molecule is CC1(C)[C@@H]2CC[C@@]1(C)[C@@H]1O[C@H](O[C@@H]3C[C@H]4[C@@H](O3)[C@]3(C)CC[C@@H]4C3(C)C)C[C@H]21. The van der Waals surface area contributed by atoms with E-state index in [1.54, 1.807) is 0 Å². The zero-order valence-electron chi connectivity index (χ0n) is 18.1. The van der Waals surface area contributed by atoms with Crippen molar-refractivity contribution < 1.29 is 14.2 Å². The maximum Gasteiger partial charge on any atom is 0.161 e. The van der Waals surface area contributed by atoms with Gasteiger partial charge in [0.25, 0.3) is 0 Å². The van der Waals surface area contributed by atoms with E-state index in [1.165, 1.54) is 25.7 Å². The van der Waals surface area contributed by atoms with Gasteiger partial charge in [0.05, 0.1) is 12.2 Å². The van der Waals surface area contributed by atoms with Crippen molar-refractivity contribution in [1.29, 1.82) is 0 Å². The largest absolute Gasteiger partial charge is 0.348 e. The Morgan fingerprint density at radius 1 is 0.667 bits per heavy atom. The summed E-state index contributed by atoms with van der Waals surface area (Å²) in [6, 6.07) is 0. The first-order valence-corrected chi connectivity index (χ1v) is 11.6. The minimum Gasteiger partial charge on any atom is -0.348 e. The number of hydrogen-bond acceptors (Lipinski definition) is 3. The predicted octanol–water partition coefficient (Wildman–Crippen LogP) is 5.38. The van der Waals surface area contributed by atoms with Gasteiger partial charge in [0.15, 0.2) is 12.6 Å². The molecule has 3 nitrogen and oxygen atoms in total. The highest BCUT2D eigenvalue weighted by atomic mass is 16.8. The molecule has 4 aliphatic carbocycles. The van der Waals surface area contributed by atoms with Gasteiger partial charge in [-0.3, -0.25) is 0 Å². The average molecular weight is 375 g/mol. The van der Waals surface area contributed by atoms with Crippen molar-refractivity contribution in [3.05, 3.63) is 0 Å². The summed E-state index contributed by atoms with van der Waals surface area (Å²) in [4.78, 5) is 0. The third-order valence-corrected chi connectivity index (χ3v) is 11.6. The van der Waals surface area contributed by atoms with Gasteiger partial charge < -0.3 is 14.2 Å². The van der Waals surface area contributed by atoms with Gasteiger partial charge in [0, 0.05) is 12.8 Å². The van der Waals surface area contributed by atoms with Crippen molar-refractivity contribution in [3.8, 4) is 0 Å². The summed E-state index contributed by atoms with van der Waals surface area (Å²) in [6.45, 7) is 14.8. The van der Waals surface area contributed by atoms with E-state index in [0.29, 0.717) is 45.7 Å². The summed E-state index contributed by atoms with van der Waals surface area (Å²) in [5, 5.41) is 0. The van der Waals surface area contributed by atoms with Gasteiger partial charge in [-0.1, -0.05) is 41.5 Å². The van der Waals surface area contributed by atoms with E-state index in [1.807, 2.05) is 0 Å². The summed E-state index contributed by atoms with van der Waals surface area (Å²) < 4.78 is 19.6. The van der Waals surface area contributed by atoms with E-state index in [9.17, 15) is 0 Å². The van der Waals surface area contributed by atoms with E-state index in [2.05, 4.69) is 41.5 Å². The molecule has 0 radical (unpaired) electrons. The third-order valence-electron chi connectivity index (χ3n) is 11.6. The van der Waals surface area contributed by atoms with Crippen molar-refractivity contribution >= 4 is 0 Å². The maximum atomic E-state index is 6.58. The van der Waals surface area contributed by atoms with Crippen LogP contribution < -0.4 is 0 Å². The van der Waals surface area contributed by atoms with Crippen LogP contribution >= 0.6 is 0 Å². The number of rotatable bonds is 2. The Morgan fingerprint density at radius 2 is 1.07 bits per heavy atom. The zero-order chi connectivity index (χ0) is 19.0. The van der Waals surface area contributed by atoms with Crippen LogP contribution in [0.25, 0.3) is 0 Å². The summed E-state index contributed by atoms with van der Waals surface area (Å²) in [5.74, 6) is 3.00. The lowest BCUT2D eigenvalue weighted by atomic mass is 9.70. The standard InChI is InChI=1S/C24H38O3/c1-21(2)15-7-9-23(21,5)19-13(15)11-17(26-19)25-18-12-14-16-8-10-24(6,20(14)27-18)22(16,3)4/h13-20H,7-12H2,1-6H3/t13-,14-,15-,16+,17+,18+,19-,20-,23+,24+/m1/s1. The van der Waals surface area contributed by atoms with Crippen LogP contribution in [0.2, 0.25) is 0 Å². The lowest BCUT2D eigenvalue weighted by Crippen LogP contribution is -2.39. The first-order chi connectivity index (χ1) is 12.6. The number of hydrogen-bond donors (Lipinski definition) is 0. The molecule has 10 atom stereocenters. The van der Waals surface area contributed by atoms with Gasteiger partial charge >= 0.3 is 0 Å². The minimum absolute atomic E-state index is 0.0432. The van der Waals surface area contributed by atoms with Crippen LogP contribution in [0.15, 0.2) is 0 Å². The topological polar surface area (TPSA) is 27.7 Å². The Balaban J connectivity index is 1.15. The molecule has 2 heterocycles. The van der Waals surface area contributed by atoms with E-state index in [-0.39, 0.29) is 12.6 Å². The molecule has 6 fully saturated rings. The highest BCUT2D eigenvalue weighted by molar-refractivity contribution is 5.18. The van der Waals surface area contributed by atoms with Crippen molar-refractivity contribution in [2.24, 2.45) is 45.3 Å². The average Bonchev–Trinajstić information content (AvgIpc) is 3.33. The maximum absolute atomic E-state index is 6.58. The molecule has 0 aromatic carbocycles. The fourth-order valence-electron chi connectivity index (χ4n) is 9.31. The van der Waals surface area contributed by atoms with Crippen molar-refractivity contribution in [2.45, 2.75) is 105 Å². The van der Waals surface area contributed by atoms with Gasteiger partial charge in [0.2, 0.25) is 0 Å². The molecule has 0 N–H and O–H groups in total. The summed E-state index contributed by atoms with van der Waals surface area (Å²) in [5.41, 5.74) is 1.47. The molecule has 4 bridgehead atoms. The van der Waals surface area contributed by atoms with Crippen molar-refractivity contribution in [3.63, 3.8) is 0 Å². The van der Waals surface area contributed by atoms with Gasteiger partial charge in [-0.25, -0.2) is 0 Å². The third kappa shape index (κ3) is 1.83. The van der Waals surface area contributed by atoms with Crippen molar-refractivity contribution in [2.75, 3.05) is 0 Å². The van der Waals surface area contributed by atoms with Crippen LogP contribution in [0.4, 0.5) is 0 Å². The predicted molar refractivity (Wildman–Crippen MR) is 104 cm³/mol. The van der Waals surface area contributed by atoms with Gasteiger partial charge in [-0.05, 0) is 71.0 Å². The Bertz CT molecular complexity index is 615. The molecule has 152 valence electrons. The molecule has 0 aromatic rings. The quantitative estimate of drug-likeness (QED) is 0.650. The second-order valence-corrected chi connectivity index (χ2v) is 12.5. The molecule has 0 amide bonds. The van der Waals surface area contributed by atoms with Crippen LogP contribution in [0, 0.1) is 45.3 Å². The zero-order valence-corrected chi connectivity index (χ0v) is 18.1. The lowest BCUT2D eigenvalue weighted by Gasteiger charge is -2.39. The summed E-state index contributed by atoms with van der Waals surface area (Å²) in [7, 11) is 0. The second kappa shape index (κ2) is 4.95. The Morgan fingerprint density at radius 3 is 1.44 bits per heavy atom. The monoisotopic (exact) mass is 374 g/mol. The second-order valence-electron chi connectivity index (χ2n) is 12.5. The molecule has 27 heavy (non-hydrogen) atoms. The van der Waals surface area contributed by atoms with Crippen LogP contribution in [0.1, 0.15) is 80.1 Å². The van der Waals surface area contributed by atoms with E-state index in [4.69, 9.17) is 14.2 Å². The molecular formula is C24H38O3. The molecule has 2 aliphatic heterocycles. The Kier molecular flexibility index (Phi) is 3.25. The van der Waals surface area contributed by atoms with Gasteiger partial charge in [-0.2, -0.15) is 0 Å². The molecule has 6 rings (SSSR count). The van der Waals surface area contributed by atoms with E-state index < -0.39 is 0 Å². The van der Waals surface area contributed by atoms with Crippen LogP contribution in [0.3, 0.4) is 0 Å². The summed E-state index contributed by atoms with van der Waals surface area (Å²) in [6.07, 6.45) is 8.24. The number of fused-ring (bicyclic) bond motifs is 10. The lowest BCUT2D eigenvalue weighted by molar-refractivity contribution is -0.252. The molecule has 0 aromatic heterocycles. The van der Waals surface area contributed by atoms with E-state index >= 15 is 0 Å². The highest BCUT2D eigenvalue weighted by Crippen LogP contribution is 2.72. The van der Waals surface area contributed by atoms with Crippen LogP contribution in [-0.4, -0.2) is 24.8 Å². The molecule has 0 spiro atoms. The molecule has 4 saturated carbocycles. The van der Waals surface area contributed by atoms with Crippen molar-refractivity contribution in [1.82, 2.24) is 0 Å². The smallest absolute Gasteiger partial charge is 0.161 e. The summed E-state index contributed by atoms with van der Waals surface area (Å²) >= 11 is 0. The molecule has 3 heteroatoms. The van der Waals surface area contributed by atoms with E-state index in [0.717, 1.165) is 24.7 Å². The molecule has 0 unspecified atom stereocenters. The fraction of sp³-hybridized carbons (Fsp3) is 1.00.